The third-order valence-electron chi connectivity index (χ3n) is 4.86. The van der Waals surface area contributed by atoms with Crippen molar-refractivity contribution < 1.29 is 13.2 Å². The summed E-state index contributed by atoms with van der Waals surface area (Å²) in [5.41, 5.74) is 2.61. The zero-order valence-electron chi connectivity index (χ0n) is 15.3. The van der Waals surface area contributed by atoms with Crippen molar-refractivity contribution in [2.45, 2.75) is 37.6 Å². The van der Waals surface area contributed by atoms with Gasteiger partial charge < -0.3 is 4.90 Å². The van der Waals surface area contributed by atoms with Crippen LogP contribution in [0.5, 0.6) is 0 Å². The lowest BCUT2D eigenvalue weighted by molar-refractivity contribution is 0.0985. The van der Waals surface area contributed by atoms with Crippen molar-refractivity contribution in [1.82, 2.24) is 4.31 Å². The number of amides is 1. The Morgan fingerprint density at radius 1 is 1.08 bits per heavy atom. The molecule has 2 aromatic carbocycles. The molecule has 0 atom stereocenters. The first-order valence-corrected chi connectivity index (χ1v) is 10.2. The van der Waals surface area contributed by atoms with Crippen LogP contribution in [0, 0.1) is 0 Å². The molecule has 1 heterocycles. The molecule has 138 valence electrons. The van der Waals surface area contributed by atoms with E-state index in [0.717, 1.165) is 18.5 Å². The van der Waals surface area contributed by atoms with Gasteiger partial charge in [-0.05, 0) is 62.6 Å². The molecule has 5 nitrogen and oxygen atoms in total. The molecule has 6 heteroatoms. The number of carbonyl (C=O) groups is 1. The number of benzene rings is 2. The number of sulfonamides is 1. The molecule has 0 radical (unpaired) electrons. The normalized spacial score (nSPS) is 14.6. The molecule has 0 saturated carbocycles. The molecular weight excluding hydrogens is 348 g/mol. The van der Waals surface area contributed by atoms with Crippen molar-refractivity contribution in [3.63, 3.8) is 0 Å². The minimum atomic E-state index is -3.55. The first kappa shape index (κ1) is 18.6. The van der Waals surface area contributed by atoms with Gasteiger partial charge in [0.15, 0.2) is 0 Å². The average molecular weight is 372 g/mol. The Morgan fingerprint density at radius 3 is 2.38 bits per heavy atom. The summed E-state index contributed by atoms with van der Waals surface area (Å²) >= 11 is 0. The van der Waals surface area contributed by atoms with Gasteiger partial charge in [0.25, 0.3) is 5.91 Å². The van der Waals surface area contributed by atoms with E-state index in [0.29, 0.717) is 12.1 Å². The van der Waals surface area contributed by atoms with Gasteiger partial charge in [-0.15, -0.1) is 0 Å². The maximum atomic E-state index is 12.9. The van der Waals surface area contributed by atoms with Crippen LogP contribution in [0.3, 0.4) is 0 Å². The lowest BCUT2D eigenvalue weighted by atomic mass is 10.0. The van der Waals surface area contributed by atoms with Crippen molar-refractivity contribution in [2.75, 3.05) is 18.5 Å². The zero-order valence-corrected chi connectivity index (χ0v) is 16.2. The van der Waals surface area contributed by atoms with Gasteiger partial charge in [0, 0.05) is 30.9 Å². The highest BCUT2D eigenvalue weighted by molar-refractivity contribution is 7.89. The Hall–Kier alpha value is -2.18. The Morgan fingerprint density at radius 2 is 1.73 bits per heavy atom. The molecule has 2 aromatic rings. The van der Waals surface area contributed by atoms with Crippen LogP contribution in [0.15, 0.2) is 53.4 Å². The summed E-state index contributed by atoms with van der Waals surface area (Å²) in [7, 11) is -1.99. The topological polar surface area (TPSA) is 57.7 Å². The number of hydrogen-bond acceptors (Lipinski definition) is 3. The standard InChI is InChI=1S/C20H24N2O3S/c1-15(2)21(3)26(24,25)18-12-10-17(11-13-18)20(23)22-14-6-8-16-7-4-5-9-19(16)22/h4-5,7,9-13,15H,6,8,14H2,1-3H3. The molecule has 0 bridgehead atoms. The molecular formula is C20H24N2O3S. The molecule has 3 rings (SSSR count). The van der Waals surface area contributed by atoms with Gasteiger partial charge in [0.05, 0.1) is 4.90 Å². The van der Waals surface area contributed by atoms with Crippen molar-refractivity contribution in [2.24, 2.45) is 0 Å². The highest BCUT2D eigenvalue weighted by Gasteiger charge is 2.25. The summed E-state index contributed by atoms with van der Waals surface area (Å²) in [5.74, 6) is -0.0988. The lowest BCUT2D eigenvalue weighted by Gasteiger charge is -2.29. The fourth-order valence-corrected chi connectivity index (χ4v) is 4.48. The van der Waals surface area contributed by atoms with Gasteiger partial charge in [-0.25, -0.2) is 8.42 Å². The van der Waals surface area contributed by atoms with Crippen LogP contribution in [0.4, 0.5) is 5.69 Å². The van der Waals surface area contributed by atoms with Gasteiger partial charge in [0.2, 0.25) is 10.0 Å². The van der Waals surface area contributed by atoms with Crippen LogP contribution >= 0.6 is 0 Å². The maximum absolute atomic E-state index is 12.9. The number of carbonyl (C=O) groups excluding carboxylic acids is 1. The summed E-state index contributed by atoms with van der Waals surface area (Å²) in [5, 5.41) is 0. The molecule has 1 amide bonds. The minimum absolute atomic E-state index is 0.0988. The molecule has 0 spiro atoms. The van der Waals surface area contributed by atoms with Gasteiger partial charge in [-0.1, -0.05) is 18.2 Å². The first-order valence-electron chi connectivity index (χ1n) is 8.80. The SMILES string of the molecule is CC(C)N(C)S(=O)(=O)c1ccc(C(=O)N2CCCc3ccccc32)cc1. The third kappa shape index (κ3) is 3.39. The van der Waals surface area contributed by atoms with E-state index in [1.165, 1.54) is 22.0 Å². The van der Waals surface area contributed by atoms with Gasteiger partial charge in [-0.2, -0.15) is 4.31 Å². The van der Waals surface area contributed by atoms with Crippen LogP contribution in [0.25, 0.3) is 0 Å². The Labute approximate surface area is 155 Å². The number of nitrogens with zero attached hydrogens (tertiary/aromatic N) is 2. The van der Waals surface area contributed by atoms with E-state index in [1.807, 2.05) is 38.1 Å². The number of fused-ring (bicyclic) bond motifs is 1. The fourth-order valence-electron chi connectivity index (χ4n) is 3.11. The monoisotopic (exact) mass is 372 g/mol. The number of hydrogen-bond donors (Lipinski definition) is 0. The molecule has 0 unspecified atom stereocenters. The van der Waals surface area contributed by atoms with Crippen LogP contribution in [-0.2, 0) is 16.4 Å². The second-order valence-electron chi connectivity index (χ2n) is 6.83. The molecule has 0 aliphatic carbocycles. The summed E-state index contributed by atoms with van der Waals surface area (Å²) in [4.78, 5) is 14.9. The molecule has 1 aliphatic heterocycles. The van der Waals surface area contributed by atoms with E-state index < -0.39 is 10.0 Å². The van der Waals surface area contributed by atoms with Gasteiger partial charge >= 0.3 is 0 Å². The largest absolute Gasteiger partial charge is 0.308 e. The van der Waals surface area contributed by atoms with E-state index in [9.17, 15) is 13.2 Å². The number of aryl methyl sites for hydroxylation is 1. The van der Waals surface area contributed by atoms with Crippen molar-refractivity contribution in [1.29, 1.82) is 0 Å². The molecule has 26 heavy (non-hydrogen) atoms. The van der Waals surface area contributed by atoms with E-state index in [-0.39, 0.29) is 16.8 Å². The summed E-state index contributed by atoms with van der Waals surface area (Å²) < 4.78 is 26.4. The van der Waals surface area contributed by atoms with E-state index in [2.05, 4.69) is 0 Å². The number of anilines is 1. The highest BCUT2D eigenvalue weighted by atomic mass is 32.2. The fraction of sp³-hybridized carbons (Fsp3) is 0.350. The van der Waals surface area contributed by atoms with Crippen molar-refractivity contribution >= 4 is 21.6 Å². The Balaban J connectivity index is 1.87. The lowest BCUT2D eigenvalue weighted by Crippen LogP contribution is -2.35. The quantitative estimate of drug-likeness (QED) is 0.827. The third-order valence-corrected chi connectivity index (χ3v) is 6.91. The molecule has 0 fully saturated rings. The highest BCUT2D eigenvalue weighted by Crippen LogP contribution is 2.28. The molecule has 0 N–H and O–H groups in total. The van der Waals surface area contributed by atoms with Crippen LogP contribution in [0.2, 0.25) is 0 Å². The molecule has 0 aromatic heterocycles. The predicted octanol–water partition coefficient (Wildman–Crippen LogP) is 3.31. The van der Waals surface area contributed by atoms with Crippen LogP contribution in [0.1, 0.15) is 36.2 Å². The second kappa shape index (κ2) is 7.21. The van der Waals surface area contributed by atoms with Crippen LogP contribution in [-0.4, -0.2) is 38.3 Å². The van der Waals surface area contributed by atoms with E-state index in [4.69, 9.17) is 0 Å². The number of para-hydroxylation sites is 1. The molecule has 0 saturated heterocycles. The summed E-state index contributed by atoms with van der Waals surface area (Å²) in [6, 6.07) is 14.0. The van der Waals surface area contributed by atoms with Gasteiger partial charge in [-0.3, -0.25) is 4.79 Å². The average Bonchev–Trinajstić information content (AvgIpc) is 2.66. The smallest absolute Gasteiger partial charge is 0.258 e. The predicted molar refractivity (Wildman–Crippen MR) is 103 cm³/mol. The van der Waals surface area contributed by atoms with E-state index >= 15 is 0 Å². The van der Waals surface area contributed by atoms with Gasteiger partial charge in [0.1, 0.15) is 0 Å². The second-order valence-corrected chi connectivity index (χ2v) is 8.83. The van der Waals surface area contributed by atoms with E-state index in [1.54, 1.807) is 24.1 Å². The van der Waals surface area contributed by atoms with Crippen molar-refractivity contribution in [3.8, 4) is 0 Å². The van der Waals surface area contributed by atoms with Crippen LogP contribution < -0.4 is 4.90 Å². The van der Waals surface area contributed by atoms with Crippen molar-refractivity contribution in [3.05, 3.63) is 59.7 Å². The Bertz CT molecular complexity index is 905. The number of rotatable bonds is 4. The maximum Gasteiger partial charge on any atom is 0.258 e. The minimum Gasteiger partial charge on any atom is -0.308 e. The zero-order chi connectivity index (χ0) is 18.9. The Kier molecular flexibility index (Phi) is 5.16. The molecule has 1 aliphatic rings. The summed E-state index contributed by atoms with van der Waals surface area (Å²) in [6.07, 6.45) is 1.90. The first-order chi connectivity index (χ1) is 12.3. The summed E-state index contributed by atoms with van der Waals surface area (Å²) in [6.45, 7) is 4.32.